The van der Waals surface area contributed by atoms with Gasteiger partial charge in [0.15, 0.2) is 5.82 Å². The van der Waals surface area contributed by atoms with E-state index in [4.69, 9.17) is 4.98 Å². The third kappa shape index (κ3) is 5.03. The van der Waals surface area contributed by atoms with Crippen molar-refractivity contribution in [3.63, 3.8) is 0 Å². The molecule has 4 rings (SSSR count). The molecule has 0 atom stereocenters. The van der Waals surface area contributed by atoms with Gasteiger partial charge < -0.3 is 14.7 Å². The van der Waals surface area contributed by atoms with E-state index in [1.807, 2.05) is 25.1 Å². The van der Waals surface area contributed by atoms with Crippen molar-refractivity contribution in [2.24, 2.45) is 5.92 Å². The van der Waals surface area contributed by atoms with Gasteiger partial charge in [-0.25, -0.2) is 9.97 Å². The maximum atomic E-state index is 12.8. The summed E-state index contributed by atoms with van der Waals surface area (Å²) >= 11 is 0. The zero-order valence-corrected chi connectivity index (χ0v) is 19.0. The van der Waals surface area contributed by atoms with Gasteiger partial charge in [0.1, 0.15) is 11.5 Å². The number of carbonyl (C=O) groups excluding carboxylic acids is 1. The Morgan fingerprint density at radius 1 is 1.03 bits per heavy atom. The average molecular weight is 423 g/mol. The highest BCUT2D eigenvalue weighted by molar-refractivity contribution is 5.76. The van der Waals surface area contributed by atoms with Gasteiger partial charge in [-0.2, -0.15) is 0 Å². The Labute approximate surface area is 185 Å². The van der Waals surface area contributed by atoms with Crippen molar-refractivity contribution in [2.45, 2.75) is 40.0 Å². The molecule has 0 aromatic carbocycles. The van der Waals surface area contributed by atoms with Crippen molar-refractivity contribution in [1.82, 2.24) is 24.8 Å². The summed E-state index contributed by atoms with van der Waals surface area (Å²) in [5, 5.41) is 0. The van der Waals surface area contributed by atoms with Crippen LogP contribution in [0.5, 0.6) is 0 Å². The van der Waals surface area contributed by atoms with Crippen LogP contribution in [0.25, 0.3) is 11.5 Å². The number of hydrogen-bond donors (Lipinski definition) is 0. The molecule has 31 heavy (non-hydrogen) atoms. The third-order valence-corrected chi connectivity index (χ3v) is 6.81. The molecule has 0 radical (unpaired) electrons. The van der Waals surface area contributed by atoms with Gasteiger partial charge in [0.25, 0.3) is 0 Å². The predicted molar refractivity (Wildman–Crippen MR) is 123 cm³/mol. The molecular formula is C24H34N6O. The molecule has 2 aliphatic heterocycles. The molecule has 0 saturated carbocycles. The Balaban J connectivity index is 1.37. The molecule has 2 aliphatic rings. The van der Waals surface area contributed by atoms with Crippen LogP contribution >= 0.6 is 0 Å². The van der Waals surface area contributed by atoms with Crippen molar-refractivity contribution in [1.29, 1.82) is 0 Å². The molecule has 166 valence electrons. The molecule has 2 aromatic heterocycles. The van der Waals surface area contributed by atoms with Crippen LogP contribution in [0.15, 0.2) is 24.4 Å². The monoisotopic (exact) mass is 422 g/mol. The number of nitrogens with zero attached hydrogens (tertiary/aromatic N) is 6. The normalized spacial score (nSPS) is 18.4. The van der Waals surface area contributed by atoms with E-state index < -0.39 is 0 Å². The van der Waals surface area contributed by atoms with Crippen LogP contribution in [0, 0.1) is 19.8 Å². The number of pyridine rings is 1. The quantitative estimate of drug-likeness (QED) is 0.738. The fraction of sp³-hybridized carbons (Fsp3) is 0.583. The van der Waals surface area contributed by atoms with Crippen LogP contribution in [0.2, 0.25) is 0 Å². The first-order chi connectivity index (χ1) is 15.0. The number of piperidine rings is 1. The summed E-state index contributed by atoms with van der Waals surface area (Å²) in [6.45, 7) is 13.0. The summed E-state index contributed by atoms with van der Waals surface area (Å²) in [4.78, 5) is 33.6. The SMILES string of the molecule is CCN1CCN(C(=O)CC2CCN(c3nc(-c4ccccn4)nc(C)c3C)CC2)CC1. The Bertz CT molecular complexity index is 886. The highest BCUT2D eigenvalue weighted by Crippen LogP contribution is 2.29. The molecule has 4 heterocycles. The Morgan fingerprint density at radius 2 is 1.77 bits per heavy atom. The van der Waals surface area contributed by atoms with Crippen LogP contribution in [0.4, 0.5) is 5.82 Å². The maximum Gasteiger partial charge on any atom is 0.222 e. The molecule has 7 heteroatoms. The first-order valence-corrected chi connectivity index (χ1v) is 11.6. The Hall–Kier alpha value is -2.54. The molecule has 1 amide bonds. The van der Waals surface area contributed by atoms with Crippen LogP contribution < -0.4 is 4.90 Å². The number of anilines is 1. The van der Waals surface area contributed by atoms with Gasteiger partial charge in [-0.1, -0.05) is 13.0 Å². The van der Waals surface area contributed by atoms with E-state index in [-0.39, 0.29) is 0 Å². The van der Waals surface area contributed by atoms with Gasteiger partial charge in [0.05, 0.1) is 0 Å². The van der Waals surface area contributed by atoms with Crippen LogP contribution in [-0.4, -0.2) is 76.5 Å². The highest BCUT2D eigenvalue weighted by Gasteiger charge is 2.27. The summed E-state index contributed by atoms with van der Waals surface area (Å²) in [6, 6.07) is 5.82. The number of amides is 1. The lowest BCUT2D eigenvalue weighted by atomic mass is 9.92. The van der Waals surface area contributed by atoms with Gasteiger partial charge in [0.2, 0.25) is 5.91 Å². The number of likely N-dealkylation sites (N-methyl/N-ethyl adjacent to an activating group) is 1. The molecule has 0 unspecified atom stereocenters. The predicted octanol–water partition coefficient (Wildman–Crippen LogP) is 2.93. The molecule has 0 spiro atoms. The minimum absolute atomic E-state index is 0.334. The largest absolute Gasteiger partial charge is 0.356 e. The molecule has 0 bridgehead atoms. The lowest BCUT2D eigenvalue weighted by Gasteiger charge is -2.37. The number of rotatable bonds is 5. The van der Waals surface area contributed by atoms with Gasteiger partial charge in [-0.15, -0.1) is 0 Å². The zero-order chi connectivity index (χ0) is 21.8. The van der Waals surface area contributed by atoms with Crippen molar-refractivity contribution in [2.75, 3.05) is 50.7 Å². The summed E-state index contributed by atoms with van der Waals surface area (Å²) in [6.07, 6.45) is 4.52. The fourth-order valence-electron chi connectivity index (χ4n) is 4.57. The van der Waals surface area contributed by atoms with Gasteiger partial charge >= 0.3 is 0 Å². The summed E-state index contributed by atoms with van der Waals surface area (Å²) < 4.78 is 0. The number of carbonyl (C=O) groups is 1. The van der Waals surface area contributed by atoms with E-state index in [0.29, 0.717) is 24.1 Å². The first kappa shape index (κ1) is 21.7. The lowest BCUT2D eigenvalue weighted by Crippen LogP contribution is -2.49. The smallest absolute Gasteiger partial charge is 0.222 e. The molecule has 2 aromatic rings. The van der Waals surface area contributed by atoms with Crippen LogP contribution in [0.1, 0.15) is 37.4 Å². The third-order valence-electron chi connectivity index (χ3n) is 6.81. The summed E-state index contributed by atoms with van der Waals surface area (Å²) in [5.74, 6) is 2.49. The number of piperazine rings is 1. The number of aromatic nitrogens is 3. The molecule has 7 nitrogen and oxygen atoms in total. The lowest BCUT2D eigenvalue weighted by molar-refractivity contribution is -0.134. The molecule has 2 saturated heterocycles. The molecule has 0 aliphatic carbocycles. The zero-order valence-electron chi connectivity index (χ0n) is 19.0. The first-order valence-electron chi connectivity index (χ1n) is 11.6. The van der Waals surface area contributed by atoms with Crippen molar-refractivity contribution in [3.8, 4) is 11.5 Å². The van der Waals surface area contributed by atoms with Crippen molar-refractivity contribution >= 4 is 11.7 Å². The Kier molecular flexibility index (Phi) is 6.80. The van der Waals surface area contributed by atoms with E-state index in [1.54, 1.807) is 6.20 Å². The van der Waals surface area contributed by atoms with Crippen LogP contribution in [0.3, 0.4) is 0 Å². The van der Waals surface area contributed by atoms with E-state index >= 15 is 0 Å². The number of aryl methyl sites for hydroxylation is 1. The molecule has 0 N–H and O–H groups in total. The van der Waals surface area contributed by atoms with Crippen molar-refractivity contribution in [3.05, 3.63) is 35.7 Å². The number of hydrogen-bond acceptors (Lipinski definition) is 6. The fourth-order valence-corrected chi connectivity index (χ4v) is 4.57. The Morgan fingerprint density at radius 3 is 2.42 bits per heavy atom. The second kappa shape index (κ2) is 9.73. The summed E-state index contributed by atoms with van der Waals surface area (Å²) in [5.41, 5.74) is 2.92. The standard InChI is InChI=1S/C24H34N6O/c1-4-28-13-15-29(16-14-28)22(31)17-20-8-11-30(12-9-20)24-18(2)19(3)26-23(27-24)21-7-5-6-10-25-21/h5-7,10,20H,4,8-9,11-17H2,1-3H3. The van der Waals surface area contributed by atoms with Gasteiger partial charge in [0, 0.05) is 63.1 Å². The second-order valence-electron chi connectivity index (χ2n) is 8.75. The average Bonchev–Trinajstić information content (AvgIpc) is 2.82. The highest BCUT2D eigenvalue weighted by atomic mass is 16.2. The maximum absolute atomic E-state index is 12.8. The minimum Gasteiger partial charge on any atom is -0.356 e. The van der Waals surface area contributed by atoms with Gasteiger partial charge in [-0.3, -0.25) is 9.78 Å². The topological polar surface area (TPSA) is 65.5 Å². The van der Waals surface area contributed by atoms with E-state index in [2.05, 4.69) is 38.5 Å². The van der Waals surface area contributed by atoms with E-state index in [9.17, 15) is 4.79 Å². The van der Waals surface area contributed by atoms with E-state index in [0.717, 1.165) is 81.4 Å². The second-order valence-corrected chi connectivity index (χ2v) is 8.75. The molecular weight excluding hydrogens is 388 g/mol. The van der Waals surface area contributed by atoms with E-state index in [1.165, 1.54) is 0 Å². The van der Waals surface area contributed by atoms with Crippen molar-refractivity contribution < 1.29 is 4.79 Å². The summed E-state index contributed by atoms with van der Waals surface area (Å²) in [7, 11) is 0. The van der Waals surface area contributed by atoms with Crippen LogP contribution in [-0.2, 0) is 4.79 Å². The molecule has 2 fully saturated rings. The van der Waals surface area contributed by atoms with Gasteiger partial charge in [-0.05, 0) is 51.3 Å². The minimum atomic E-state index is 0.334.